The van der Waals surface area contributed by atoms with Crippen molar-refractivity contribution in [2.75, 3.05) is 11.9 Å². The third kappa shape index (κ3) is 2.93. The van der Waals surface area contributed by atoms with E-state index in [4.69, 9.17) is 5.73 Å². The number of nitro groups is 1. The van der Waals surface area contributed by atoms with Crippen molar-refractivity contribution in [3.63, 3.8) is 0 Å². The Morgan fingerprint density at radius 3 is 2.65 bits per heavy atom. The molecular weight excluding hydrogens is 222 g/mol. The lowest BCUT2D eigenvalue weighted by Gasteiger charge is -2.11. The van der Waals surface area contributed by atoms with Gasteiger partial charge in [-0.1, -0.05) is 6.92 Å². The minimum Gasteiger partial charge on any atom is -0.385 e. The predicted octanol–water partition coefficient (Wildman–Crippen LogP) is 1.82. The van der Waals surface area contributed by atoms with Crippen LogP contribution in [0, 0.1) is 17.0 Å². The number of carbonyl (C=O) groups excluding carboxylic acids is 1. The third-order valence-corrected chi connectivity index (χ3v) is 2.43. The first kappa shape index (κ1) is 13.0. The van der Waals surface area contributed by atoms with E-state index in [0.717, 1.165) is 6.42 Å². The van der Waals surface area contributed by atoms with Crippen molar-refractivity contribution in [2.24, 2.45) is 5.73 Å². The minimum atomic E-state index is -0.661. The lowest BCUT2D eigenvalue weighted by atomic mass is 10.0. The number of hydrogen-bond donors (Lipinski definition) is 2. The summed E-state index contributed by atoms with van der Waals surface area (Å²) in [5.41, 5.74) is 6.45. The molecule has 0 fully saturated rings. The molecule has 1 aromatic carbocycles. The number of primary amides is 1. The summed E-state index contributed by atoms with van der Waals surface area (Å²) in [4.78, 5) is 21.4. The summed E-state index contributed by atoms with van der Waals surface area (Å²) in [6.07, 6.45) is 0.883. The van der Waals surface area contributed by atoms with Crippen LogP contribution in [-0.2, 0) is 0 Å². The normalized spacial score (nSPS) is 10.0. The first-order valence-corrected chi connectivity index (χ1v) is 5.30. The van der Waals surface area contributed by atoms with Crippen molar-refractivity contribution in [2.45, 2.75) is 20.3 Å². The van der Waals surface area contributed by atoms with Crippen LogP contribution in [0.25, 0.3) is 0 Å². The Hall–Kier alpha value is -2.11. The second-order valence-corrected chi connectivity index (χ2v) is 3.71. The number of carbonyl (C=O) groups is 1. The second kappa shape index (κ2) is 5.29. The maximum absolute atomic E-state index is 11.2. The highest BCUT2D eigenvalue weighted by Crippen LogP contribution is 2.26. The Bertz CT molecular complexity index is 458. The molecular formula is C11H15N3O3. The molecule has 0 saturated heterocycles. The summed E-state index contributed by atoms with van der Waals surface area (Å²) in [7, 11) is 0. The van der Waals surface area contributed by atoms with Crippen molar-refractivity contribution >= 4 is 17.3 Å². The standard InChI is InChI=1S/C11H15N3O3/c1-3-4-13-10-6-8(14(16)17)5-9(7(10)2)11(12)15/h5-6,13H,3-4H2,1-2H3,(H2,12,15). The van der Waals surface area contributed by atoms with Gasteiger partial charge in [0.25, 0.3) is 5.69 Å². The van der Waals surface area contributed by atoms with Gasteiger partial charge in [0, 0.05) is 24.4 Å². The number of rotatable bonds is 5. The minimum absolute atomic E-state index is 0.136. The monoisotopic (exact) mass is 237 g/mol. The summed E-state index contributed by atoms with van der Waals surface area (Å²) in [6.45, 7) is 4.37. The molecule has 1 amide bonds. The molecule has 0 atom stereocenters. The number of nitrogens with two attached hydrogens (primary N) is 1. The average Bonchev–Trinajstić information content (AvgIpc) is 2.26. The molecule has 0 spiro atoms. The summed E-state index contributed by atoms with van der Waals surface area (Å²) in [6, 6.07) is 2.62. The zero-order valence-electron chi connectivity index (χ0n) is 9.82. The topological polar surface area (TPSA) is 98.3 Å². The molecule has 0 bridgehead atoms. The van der Waals surface area contributed by atoms with Gasteiger partial charge < -0.3 is 11.1 Å². The van der Waals surface area contributed by atoms with Crippen LogP contribution in [0.1, 0.15) is 29.3 Å². The van der Waals surface area contributed by atoms with E-state index in [9.17, 15) is 14.9 Å². The van der Waals surface area contributed by atoms with E-state index in [1.807, 2.05) is 6.92 Å². The maximum Gasteiger partial charge on any atom is 0.272 e. The first-order chi connectivity index (χ1) is 7.97. The van der Waals surface area contributed by atoms with Crippen LogP contribution in [0.15, 0.2) is 12.1 Å². The molecule has 0 unspecified atom stereocenters. The van der Waals surface area contributed by atoms with Gasteiger partial charge in [-0.3, -0.25) is 14.9 Å². The fourth-order valence-electron chi connectivity index (χ4n) is 1.50. The molecule has 0 aliphatic rings. The molecule has 0 radical (unpaired) electrons. The summed E-state index contributed by atoms with van der Waals surface area (Å²) >= 11 is 0. The third-order valence-electron chi connectivity index (χ3n) is 2.43. The zero-order chi connectivity index (χ0) is 13.0. The molecule has 3 N–H and O–H groups in total. The fraction of sp³-hybridized carbons (Fsp3) is 0.364. The molecule has 0 heterocycles. The summed E-state index contributed by atoms with van der Waals surface area (Å²) in [5.74, 6) is -0.661. The Labute approximate surface area is 99.0 Å². The van der Waals surface area contributed by atoms with E-state index in [0.29, 0.717) is 17.8 Å². The Kier molecular flexibility index (Phi) is 4.03. The quantitative estimate of drug-likeness (QED) is 0.602. The number of nitrogens with one attached hydrogen (secondary N) is 1. The van der Waals surface area contributed by atoms with Crippen LogP contribution in [0.3, 0.4) is 0 Å². The van der Waals surface area contributed by atoms with Crippen LogP contribution in [-0.4, -0.2) is 17.4 Å². The van der Waals surface area contributed by atoms with Crippen LogP contribution in [0.2, 0.25) is 0 Å². The molecule has 17 heavy (non-hydrogen) atoms. The highest BCUT2D eigenvalue weighted by molar-refractivity contribution is 5.96. The lowest BCUT2D eigenvalue weighted by Crippen LogP contribution is -2.15. The number of nitrogens with zero attached hydrogens (tertiary/aromatic N) is 1. The van der Waals surface area contributed by atoms with Crippen LogP contribution < -0.4 is 11.1 Å². The van der Waals surface area contributed by atoms with Crippen LogP contribution >= 0.6 is 0 Å². The molecule has 92 valence electrons. The van der Waals surface area contributed by atoms with E-state index in [-0.39, 0.29) is 11.3 Å². The Balaban J connectivity index is 3.27. The molecule has 1 rings (SSSR count). The lowest BCUT2D eigenvalue weighted by molar-refractivity contribution is -0.384. The van der Waals surface area contributed by atoms with Gasteiger partial charge in [0.05, 0.1) is 10.5 Å². The number of amides is 1. The maximum atomic E-state index is 11.2. The van der Waals surface area contributed by atoms with E-state index in [1.165, 1.54) is 12.1 Å². The average molecular weight is 237 g/mol. The largest absolute Gasteiger partial charge is 0.385 e. The molecule has 0 aliphatic carbocycles. The van der Waals surface area contributed by atoms with E-state index in [2.05, 4.69) is 5.32 Å². The Morgan fingerprint density at radius 1 is 1.53 bits per heavy atom. The summed E-state index contributed by atoms with van der Waals surface area (Å²) in [5, 5.41) is 13.8. The SMILES string of the molecule is CCCNc1cc([N+](=O)[O-])cc(C(N)=O)c1C. The highest BCUT2D eigenvalue weighted by Gasteiger charge is 2.16. The van der Waals surface area contributed by atoms with E-state index >= 15 is 0 Å². The van der Waals surface area contributed by atoms with Crippen LogP contribution in [0.4, 0.5) is 11.4 Å². The van der Waals surface area contributed by atoms with Gasteiger partial charge in [0.1, 0.15) is 0 Å². The van der Waals surface area contributed by atoms with Gasteiger partial charge in [-0.25, -0.2) is 0 Å². The van der Waals surface area contributed by atoms with Crippen molar-refractivity contribution in [1.29, 1.82) is 0 Å². The number of hydrogen-bond acceptors (Lipinski definition) is 4. The Morgan fingerprint density at radius 2 is 2.18 bits per heavy atom. The number of nitro benzene ring substituents is 1. The molecule has 1 aromatic rings. The van der Waals surface area contributed by atoms with Crippen molar-refractivity contribution < 1.29 is 9.72 Å². The predicted molar refractivity (Wildman–Crippen MR) is 65.1 cm³/mol. The van der Waals surface area contributed by atoms with Gasteiger partial charge in [0.2, 0.25) is 5.91 Å². The zero-order valence-corrected chi connectivity index (χ0v) is 9.82. The molecule has 0 aromatic heterocycles. The molecule has 6 heteroatoms. The van der Waals surface area contributed by atoms with Gasteiger partial charge >= 0.3 is 0 Å². The van der Waals surface area contributed by atoms with Crippen molar-refractivity contribution in [3.05, 3.63) is 33.4 Å². The first-order valence-electron chi connectivity index (χ1n) is 5.30. The fourth-order valence-corrected chi connectivity index (χ4v) is 1.50. The number of benzene rings is 1. The van der Waals surface area contributed by atoms with E-state index < -0.39 is 10.8 Å². The molecule has 0 aliphatic heterocycles. The molecule has 6 nitrogen and oxygen atoms in total. The van der Waals surface area contributed by atoms with Crippen LogP contribution in [0.5, 0.6) is 0 Å². The van der Waals surface area contributed by atoms with Crippen molar-refractivity contribution in [1.82, 2.24) is 0 Å². The van der Waals surface area contributed by atoms with Gasteiger partial charge in [0.15, 0.2) is 0 Å². The van der Waals surface area contributed by atoms with Crippen molar-refractivity contribution in [3.8, 4) is 0 Å². The van der Waals surface area contributed by atoms with Gasteiger partial charge in [-0.05, 0) is 18.9 Å². The van der Waals surface area contributed by atoms with E-state index in [1.54, 1.807) is 6.92 Å². The highest BCUT2D eigenvalue weighted by atomic mass is 16.6. The number of non-ortho nitro benzene ring substituents is 1. The smallest absolute Gasteiger partial charge is 0.272 e. The second-order valence-electron chi connectivity index (χ2n) is 3.71. The molecule has 0 saturated carbocycles. The summed E-state index contributed by atoms with van der Waals surface area (Å²) < 4.78 is 0. The van der Waals surface area contributed by atoms with Gasteiger partial charge in [-0.2, -0.15) is 0 Å². The van der Waals surface area contributed by atoms with Gasteiger partial charge in [-0.15, -0.1) is 0 Å². The number of anilines is 1.